The van der Waals surface area contributed by atoms with Crippen molar-refractivity contribution in [1.29, 1.82) is 0 Å². The number of hydrogen-bond acceptors (Lipinski definition) is 8. The molecule has 0 spiro atoms. The number of methoxy groups -OCH3 is 1. The van der Waals surface area contributed by atoms with Crippen LogP contribution >= 0.6 is 0 Å². The topological polar surface area (TPSA) is 110 Å². The number of carboxylic acids is 1. The predicted octanol–water partition coefficient (Wildman–Crippen LogP) is 2.53. The number of carboxylic acid groups (broad SMARTS) is 1. The minimum Gasteiger partial charge on any atom is -0.497 e. The van der Waals surface area contributed by atoms with Gasteiger partial charge in [-0.3, -0.25) is 4.79 Å². The SMILES string of the molecule is C=C(OC)c1cnc(N2CCN(c3c(F)cc4c(=O)c(C(=O)O)cn5c4c3OC[C@@H]5C)CC2)nc1. The van der Waals surface area contributed by atoms with Gasteiger partial charge in [0.2, 0.25) is 11.4 Å². The van der Waals surface area contributed by atoms with Gasteiger partial charge in [0.25, 0.3) is 0 Å². The minimum absolute atomic E-state index is 0.00234. The molecule has 10 nitrogen and oxygen atoms in total. The van der Waals surface area contributed by atoms with Crippen LogP contribution in [0.3, 0.4) is 0 Å². The Hall–Kier alpha value is -4.15. The number of halogens is 1. The number of pyridine rings is 1. The van der Waals surface area contributed by atoms with Crippen molar-refractivity contribution < 1.29 is 23.8 Å². The standard InChI is InChI=1S/C24H24FN5O5/c1-13-12-35-22-19-16(21(31)17(23(32)33)11-30(13)19)8-18(25)20(22)28-4-6-29(7-5-28)24-26-9-15(10-27-24)14(2)34-3/h8-11,13H,2,4-7,12H2,1,3H3,(H,32,33)/t13-/m0/s1. The Balaban J connectivity index is 1.47. The number of aromatic carboxylic acids is 1. The zero-order chi connectivity index (χ0) is 24.9. The zero-order valence-electron chi connectivity index (χ0n) is 19.3. The molecule has 35 heavy (non-hydrogen) atoms. The molecule has 0 aliphatic carbocycles. The van der Waals surface area contributed by atoms with Crippen LogP contribution in [-0.2, 0) is 4.74 Å². The van der Waals surface area contributed by atoms with Crippen LogP contribution in [0.4, 0.5) is 16.0 Å². The van der Waals surface area contributed by atoms with E-state index in [-0.39, 0.29) is 29.5 Å². The van der Waals surface area contributed by atoms with Crippen LogP contribution in [0.15, 0.2) is 36.0 Å². The van der Waals surface area contributed by atoms with Gasteiger partial charge in [-0.25, -0.2) is 19.2 Å². The van der Waals surface area contributed by atoms with Gasteiger partial charge in [0.15, 0.2) is 11.6 Å². The first-order valence-electron chi connectivity index (χ1n) is 11.1. The van der Waals surface area contributed by atoms with E-state index < -0.39 is 22.8 Å². The lowest BCUT2D eigenvalue weighted by Gasteiger charge is -2.38. The van der Waals surface area contributed by atoms with Gasteiger partial charge in [0, 0.05) is 44.8 Å². The smallest absolute Gasteiger partial charge is 0.341 e. The van der Waals surface area contributed by atoms with Crippen LogP contribution in [0.25, 0.3) is 16.7 Å². The summed E-state index contributed by atoms with van der Waals surface area (Å²) in [5.41, 5.74) is 0.256. The Morgan fingerprint density at radius 3 is 2.51 bits per heavy atom. The third-order valence-electron chi connectivity index (χ3n) is 6.46. The number of piperazine rings is 1. The first-order valence-corrected chi connectivity index (χ1v) is 11.1. The average molecular weight is 481 g/mol. The third-order valence-corrected chi connectivity index (χ3v) is 6.46. The second-order valence-corrected chi connectivity index (χ2v) is 8.55. The summed E-state index contributed by atoms with van der Waals surface area (Å²) in [5, 5.41) is 9.45. The lowest BCUT2D eigenvalue weighted by atomic mass is 10.1. The molecule has 0 saturated carbocycles. The molecule has 1 saturated heterocycles. The number of rotatable bonds is 5. The highest BCUT2D eigenvalue weighted by atomic mass is 19.1. The van der Waals surface area contributed by atoms with Crippen LogP contribution in [0.2, 0.25) is 0 Å². The van der Waals surface area contributed by atoms with Gasteiger partial charge < -0.3 is 28.9 Å². The fourth-order valence-electron chi connectivity index (χ4n) is 4.54. The van der Waals surface area contributed by atoms with E-state index in [0.717, 1.165) is 6.07 Å². The van der Waals surface area contributed by atoms with Crippen LogP contribution in [0.1, 0.15) is 28.9 Å². The van der Waals surface area contributed by atoms with Gasteiger partial charge in [0.1, 0.15) is 23.6 Å². The molecule has 2 aliphatic heterocycles. The fourth-order valence-corrected chi connectivity index (χ4v) is 4.54. The van der Waals surface area contributed by atoms with Crippen molar-refractivity contribution in [1.82, 2.24) is 14.5 Å². The lowest BCUT2D eigenvalue weighted by molar-refractivity contribution is 0.0694. The van der Waals surface area contributed by atoms with Gasteiger partial charge in [-0.2, -0.15) is 0 Å². The maximum atomic E-state index is 15.4. The summed E-state index contributed by atoms with van der Waals surface area (Å²) in [4.78, 5) is 37.0. The third kappa shape index (κ3) is 3.72. The van der Waals surface area contributed by atoms with Gasteiger partial charge in [0.05, 0.1) is 29.6 Å². The Kier molecular flexibility index (Phi) is 5.54. The second-order valence-electron chi connectivity index (χ2n) is 8.55. The molecular formula is C24H24FN5O5. The molecule has 4 heterocycles. The van der Waals surface area contributed by atoms with E-state index >= 15 is 4.39 Å². The maximum absolute atomic E-state index is 15.4. The molecule has 1 atom stereocenters. The number of hydrogen-bond donors (Lipinski definition) is 1. The van der Waals surface area contributed by atoms with Gasteiger partial charge in [-0.1, -0.05) is 6.58 Å². The number of benzene rings is 1. The predicted molar refractivity (Wildman–Crippen MR) is 128 cm³/mol. The first-order chi connectivity index (χ1) is 16.8. The summed E-state index contributed by atoms with van der Waals surface area (Å²) in [6.07, 6.45) is 4.61. The molecule has 0 radical (unpaired) electrons. The molecule has 1 aromatic carbocycles. The average Bonchev–Trinajstić information content (AvgIpc) is 2.86. The minimum atomic E-state index is -1.34. The Morgan fingerprint density at radius 1 is 1.23 bits per heavy atom. The van der Waals surface area contributed by atoms with Crippen molar-refractivity contribution in [2.45, 2.75) is 13.0 Å². The molecule has 5 rings (SSSR count). The van der Waals surface area contributed by atoms with E-state index in [1.165, 1.54) is 13.3 Å². The molecule has 1 fully saturated rings. The molecule has 2 aliphatic rings. The van der Waals surface area contributed by atoms with E-state index in [1.54, 1.807) is 17.0 Å². The zero-order valence-corrected chi connectivity index (χ0v) is 19.3. The number of carbonyl (C=O) groups is 1. The monoisotopic (exact) mass is 481 g/mol. The molecular weight excluding hydrogens is 457 g/mol. The van der Waals surface area contributed by atoms with Crippen molar-refractivity contribution in [3.05, 3.63) is 58.4 Å². The van der Waals surface area contributed by atoms with Crippen molar-refractivity contribution in [3.63, 3.8) is 0 Å². The van der Waals surface area contributed by atoms with E-state index in [0.29, 0.717) is 49.0 Å². The van der Waals surface area contributed by atoms with Crippen molar-refractivity contribution in [2.24, 2.45) is 0 Å². The van der Waals surface area contributed by atoms with E-state index in [9.17, 15) is 14.7 Å². The highest BCUT2D eigenvalue weighted by molar-refractivity contribution is 5.97. The Morgan fingerprint density at radius 2 is 1.89 bits per heavy atom. The van der Waals surface area contributed by atoms with E-state index in [2.05, 4.69) is 16.5 Å². The normalized spacial score (nSPS) is 17.3. The maximum Gasteiger partial charge on any atom is 0.341 e. The summed E-state index contributed by atoms with van der Waals surface area (Å²) in [6, 6.07) is 0.908. The van der Waals surface area contributed by atoms with Crippen LogP contribution < -0.4 is 20.0 Å². The number of nitrogens with zero attached hydrogens (tertiary/aromatic N) is 5. The summed E-state index contributed by atoms with van der Waals surface area (Å²) in [5.74, 6) is -0.675. The summed E-state index contributed by atoms with van der Waals surface area (Å²) in [6.45, 7) is 7.91. The Bertz CT molecular complexity index is 1400. The first kappa shape index (κ1) is 22.6. The number of aromatic nitrogens is 3. The summed E-state index contributed by atoms with van der Waals surface area (Å²) in [7, 11) is 1.53. The van der Waals surface area contributed by atoms with Crippen LogP contribution in [0.5, 0.6) is 5.75 Å². The van der Waals surface area contributed by atoms with Gasteiger partial charge in [-0.15, -0.1) is 0 Å². The fraction of sp³-hybridized carbons (Fsp3) is 0.333. The highest BCUT2D eigenvalue weighted by Crippen LogP contribution is 2.42. The molecule has 0 amide bonds. The number of ether oxygens (including phenoxy) is 2. The number of anilines is 2. The highest BCUT2D eigenvalue weighted by Gasteiger charge is 2.31. The largest absolute Gasteiger partial charge is 0.497 e. The van der Waals surface area contributed by atoms with Crippen molar-refractivity contribution in [2.75, 3.05) is 49.7 Å². The second kappa shape index (κ2) is 8.57. The van der Waals surface area contributed by atoms with E-state index in [1.807, 2.05) is 16.7 Å². The molecule has 2 aromatic heterocycles. The summed E-state index contributed by atoms with van der Waals surface area (Å²) < 4.78 is 28.2. The molecule has 11 heteroatoms. The van der Waals surface area contributed by atoms with Gasteiger partial charge in [-0.05, 0) is 13.0 Å². The van der Waals surface area contributed by atoms with Crippen LogP contribution in [0, 0.1) is 5.82 Å². The molecule has 1 N–H and O–H groups in total. The Labute approximate surface area is 199 Å². The molecule has 0 bridgehead atoms. The quantitative estimate of drug-likeness (QED) is 0.550. The molecule has 182 valence electrons. The molecule has 0 unspecified atom stereocenters. The summed E-state index contributed by atoms with van der Waals surface area (Å²) >= 11 is 0. The van der Waals surface area contributed by atoms with Crippen molar-refractivity contribution in [3.8, 4) is 5.75 Å². The lowest BCUT2D eigenvalue weighted by Crippen LogP contribution is -2.47. The van der Waals surface area contributed by atoms with Gasteiger partial charge >= 0.3 is 5.97 Å². The molecule has 3 aromatic rings. The van der Waals surface area contributed by atoms with E-state index in [4.69, 9.17) is 9.47 Å². The van der Waals surface area contributed by atoms with Crippen molar-refractivity contribution >= 4 is 34.3 Å². The van der Waals surface area contributed by atoms with Crippen LogP contribution in [-0.4, -0.2) is 65.5 Å².